The summed E-state index contributed by atoms with van der Waals surface area (Å²) in [6.07, 6.45) is 0.941. The minimum absolute atomic E-state index is 0.0590. The third kappa shape index (κ3) is 2.76. The Hall–Kier alpha value is -1.68. The topological polar surface area (TPSA) is 55.4 Å². The fraction of sp³-hybridized carbons (Fsp3) is 0.429. The smallest absolute Gasteiger partial charge is 0.223 e. The van der Waals surface area contributed by atoms with Crippen molar-refractivity contribution in [1.29, 1.82) is 0 Å². The van der Waals surface area contributed by atoms with Crippen molar-refractivity contribution in [1.82, 2.24) is 5.32 Å². The van der Waals surface area contributed by atoms with Gasteiger partial charge >= 0.3 is 0 Å². The van der Waals surface area contributed by atoms with Gasteiger partial charge in [0.05, 0.1) is 6.61 Å². The number of ketones is 1. The zero-order valence-corrected chi connectivity index (χ0v) is 10.4. The number of benzene rings is 1. The van der Waals surface area contributed by atoms with Gasteiger partial charge in [0.2, 0.25) is 5.91 Å². The summed E-state index contributed by atoms with van der Waals surface area (Å²) >= 11 is 0. The van der Waals surface area contributed by atoms with E-state index in [1.54, 1.807) is 7.11 Å². The van der Waals surface area contributed by atoms with E-state index in [1.165, 1.54) is 0 Å². The van der Waals surface area contributed by atoms with E-state index >= 15 is 0 Å². The van der Waals surface area contributed by atoms with Crippen LogP contribution in [0.4, 0.5) is 0 Å². The summed E-state index contributed by atoms with van der Waals surface area (Å²) in [5, 5.41) is 2.79. The van der Waals surface area contributed by atoms with Crippen molar-refractivity contribution < 1.29 is 14.3 Å². The average Bonchev–Trinajstić information content (AvgIpc) is 2.39. The van der Waals surface area contributed by atoms with Gasteiger partial charge in [0.25, 0.3) is 0 Å². The van der Waals surface area contributed by atoms with Crippen molar-refractivity contribution in [2.24, 2.45) is 5.92 Å². The summed E-state index contributed by atoms with van der Waals surface area (Å²) in [6, 6.07) is 7.51. The molecule has 0 fully saturated rings. The maximum Gasteiger partial charge on any atom is 0.223 e. The van der Waals surface area contributed by atoms with Crippen LogP contribution in [0.25, 0.3) is 0 Å². The first-order chi connectivity index (χ1) is 8.72. The van der Waals surface area contributed by atoms with Gasteiger partial charge in [-0.3, -0.25) is 9.59 Å². The molecule has 1 aromatic carbocycles. The molecule has 1 N–H and O–H groups in total. The van der Waals surface area contributed by atoms with Crippen LogP contribution in [0.15, 0.2) is 24.3 Å². The quantitative estimate of drug-likeness (QED) is 0.813. The average molecular weight is 247 g/mol. The van der Waals surface area contributed by atoms with Gasteiger partial charge in [-0.1, -0.05) is 24.3 Å². The fourth-order valence-corrected chi connectivity index (χ4v) is 2.25. The normalized spacial score (nSPS) is 18.3. The highest BCUT2D eigenvalue weighted by Crippen LogP contribution is 2.25. The molecule has 1 aliphatic carbocycles. The lowest BCUT2D eigenvalue weighted by atomic mass is 9.82. The lowest BCUT2D eigenvalue weighted by molar-refractivity contribution is -0.125. The predicted octanol–water partition coefficient (Wildman–Crippen LogP) is 1.19. The monoisotopic (exact) mass is 247 g/mol. The van der Waals surface area contributed by atoms with E-state index in [2.05, 4.69) is 5.32 Å². The molecule has 4 heteroatoms. The van der Waals surface area contributed by atoms with E-state index < -0.39 is 0 Å². The zero-order chi connectivity index (χ0) is 13.0. The van der Waals surface area contributed by atoms with E-state index in [9.17, 15) is 9.59 Å². The number of hydrogen-bond donors (Lipinski definition) is 1. The van der Waals surface area contributed by atoms with E-state index in [1.807, 2.05) is 24.3 Å². The summed E-state index contributed by atoms with van der Waals surface area (Å²) in [7, 11) is 1.59. The number of fused-ring (bicyclic) bond motifs is 1. The Morgan fingerprint density at radius 3 is 2.94 bits per heavy atom. The van der Waals surface area contributed by atoms with Crippen molar-refractivity contribution in [2.75, 3.05) is 20.3 Å². The molecule has 18 heavy (non-hydrogen) atoms. The summed E-state index contributed by atoms with van der Waals surface area (Å²) in [5.41, 5.74) is 1.74. The Bertz CT molecular complexity index is 456. The van der Waals surface area contributed by atoms with Gasteiger partial charge in [-0.15, -0.1) is 0 Å². The molecule has 0 saturated carbocycles. The van der Waals surface area contributed by atoms with Gasteiger partial charge in [-0.2, -0.15) is 0 Å². The van der Waals surface area contributed by atoms with Gasteiger partial charge in [-0.25, -0.2) is 0 Å². The van der Waals surface area contributed by atoms with Crippen molar-refractivity contribution >= 4 is 11.7 Å². The van der Waals surface area contributed by atoms with Crippen LogP contribution in [0, 0.1) is 5.92 Å². The third-order valence-electron chi connectivity index (χ3n) is 3.19. The highest BCUT2D eigenvalue weighted by Gasteiger charge is 2.29. The molecular formula is C14H17NO3. The number of ether oxygens (including phenoxy) is 1. The second kappa shape index (κ2) is 5.78. The van der Waals surface area contributed by atoms with Crippen LogP contribution in [0.3, 0.4) is 0 Å². The molecule has 1 aliphatic rings. The fourth-order valence-electron chi connectivity index (χ4n) is 2.25. The third-order valence-corrected chi connectivity index (χ3v) is 3.19. The molecule has 0 heterocycles. The maximum absolute atomic E-state index is 11.9. The predicted molar refractivity (Wildman–Crippen MR) is 67.5 cm³/mol. The van der Waals surface area contributed by atoms with E-state index in [4.69, 9.17) is 4.74 Å². The van der Waals surface area contributed by atoms with E-state index in [0.717, 1.165) is 11.1 Å². The van der Waals surface area contributed by atoms with Crippen molar-refractivity contribution in [3.05, 3.63) is 35.4 Å². The molecule has 0 aliphatic heterocycles. The number of methoxy groups -OCH3 is 1. The Morgan fingerprint density at radius 2 is 2.17 bits per heavy atom. The molecule has 0 bridgehead atoms. The molecular weight excluding hydrogens is 230 g/mol. The molecule has 1 aromatic rings. The molecule has 0 radical (unpaired) electrons. The number of hydrogen-bond acceptors (Lipinski definition) is 3. The van der Waals surface area contributed by atoms with Crippen LogP contribution in [0.2, 0.25) is 0 Å². The maximum atomic E-state index is 11.9. The molecule has 2 rings (SSSR count). The Balaban J connectivity index is 2.02. The molecule has 1 atom stereocenters. The summed E-state index contributed by atoms with van der Waals surface area (Å²) in [6.45, 7) is 0.977. The largest absolute Gasteiger partial charge is 0.383 e. The lowest BCUT2D eigenvalue weighted by Crippen LogP contribution is -2.37. The SMILES string of the molecule is COCCNC(=O)C1CC(=O)c2ccccc2C1. The Morgan fingerprint density at radius 1 is 1.39 bits per heavy atom. The number of carbonyl (C=O) groups is 2. The van der Waals surface area contributed by atoms with Gasteiger partial charge in [0, 0.05) is 31.6 Å². The van der Waals surface area contributed by atoms with Crippen LogP contribution in [-0.4, -0.2) is 32.0 Å². The van der Waals surface area contributed by atoms with Crippen molar-refractivity contribution in [2.45, 2.75) is 12.8 Å². The van der Waals surface area contributed by atoms with Crippen LogP contribution < -0.4 is 5.32 Å². The molecule has 4 nitrogen and oxygen atoms in total. The number of rotatable bonds is 4. The molecule has 96 valence electrons. The number of Topliss-reactive ketones (excluding diaryl/α,β-unsaturated/α-hetero) is 1. The number of carbonyl (C=O) groups excluding carboxylic acids is 2. The van der Waals surface area contributed by atoms with Crippen LogP contribution in [0.5, 0.6) is 0 Å². The van der Waals surface area contributed by atoms with Gasteiger partial charge in [0.1, 0.15) is 0 Å². The molecule has 1 amide bonds. The van der Waals surface area contributed by atoms with Gasteiger partial charge in [0.15, 0.2) is 5.78 Å². The summed E-state index contributed by atoms with van der Waals surface area (Å²) in [4.78, 5) is 23.8. The standard InChI is InChI=1S/C14H17NO3/c1-18-7-6-15-14(17)11-8-10-4-2-3-5-12(10)13(16)9-11/h2-5,11H,6-9H2,1H3,(H,15,17). The highest BCUT2D eigenvalue weighted by atomic mass is 16.5. The zero-order valence-electron chi connectivity index (χ0n) is 10.4. The van der Waals surface area contributed by atoms with Crippen molar-refractivity contribution in [3.63, 3.8) is 0 Å². The van der Waals surface area contributed by atoms with Crippen molar-refractivity contribution in [3.8, 4) is 0 Å². The molecule has 0 saturated heterocycles. The first kappa shape index (κ1) is 12.8. The number of amides is 1. The first-order valence-electron chi connectivity index (χ1n) is 6.10. The first-order valence-corrected chi connectivity index (χ1v) is 6.10. The Labute approximate surface area is 106 Å². The van der Waals surface area contributed by atoms with Crippen LogP contribution >= 0.6 is 0 Å². The minimum Gasteiger partial charge on any atom is -0.383 e. The lowest BCUT2D eigenvalue weighted by Gasteiger charge is -2.22. The molecule has 1 unspecified atom stereocenters. The van der Waals surface area contributed by atoms with E-state index in [0.29, 0.717) is 26.0 Å². The van der Waals surface area contributed by atoms with Gasteiger partial charge < -0.3 is 10.1 Å². The Kier molecular flexibility index (Phi) is 4.10. The van der Waals surface area contributed by atoms with Gasteiger partial charge in [-0.05, 0) is 12.0 Å². The van der Waals surface area contributed by atoms with Crippen LogP contribution in [-0.2, 0) is 16.0 Å². The second-order valence-corrected chi connectivity index (χ2v) is 4.47. The van der Waals surface area contributed by atoms with E-state index in [-0.39, 0.29) is 17.6 Å². The minimum atomic E-state index is -0.246. The molecule has 0 aromatic heterocycles. The van der Waals surface area contributed by atoms with Crippen LogP contribution in [0.1, 0.15) is 22.3 Å². The summed E-state index contributed by atoms with van der Waals surface area (Å²) in [5.74, 6) is -0.247. The summed E-state index contributed by atoms with van der Waals surface area (Å²) < 4.78 is 4.88. The second-order valence-electron chi connectivity index (χ2n) is 4.47. The number of nitrogens with one attached hydrogen (secondary N) is 1. The highest BCUT2D eigenvalue weighted by molar-refractivity contribution is 6.01. The molecule has 0 spiro atoms.